The van der Waals surface area contributed by atoms with E-state index in [4.69, 9.17) is 9.47 Å². The van der Waals surface area contributed by atoms with Crippen molar-refractivity contribution in [3.63, 3.8) is 0 Å². The second kappa shape index (κ2) is 8.65. The fourth-order valence-corrected chi connectivity index (χ4v) is 5.30. The molecular formula is C20H30N2O6S. The number of ether oxygens (including phenoxy) is 2. The van der Waals surface area contributed by atoms with Gasteiger partial charge in [-0.15, -0.1) is 11.8 Å². The molecule has 9 heteroatoms. The van der Waals surface area contributed by atoms with E-state index in [1.165, 1.54) is 4.90 Å². The van der Waals surface area contributed by atoms with Gasteiger partial charge < -0.3 is 24.8 Å². The van der Waals surface area contributed by atoms with Crippen LogP contribution >= 0.6 is 11.8 Å². The predicted octanol–water partition coefficient (Wildman–Crippen LogP) is 1.38. The van der Waals surface area contributed by atoms with Crippen molar-refractivity contribution in [2.45, 2.75) is 64.4 Å². The SMILES string of the molecule is CC(O)C1C(=O)N2C(C(=O)OCOC(=O)C(C)(C)C)=C(SC3CCNCC3)C[C@H]12. The molecule has 3 atom stereocenters. The fourth-order valence-electron chi connectivity index (χ4n) is 3.86. The molecule has 0 aromatic carbocycles. The number of hydrogen-bond donors (Lipinski definition) is 2. The normalized spacial score (nSPS) is 26.1. The zero-order valence-corrected chi connectivity index (χ0v) is 18.2. The van der Waals surface area contributed by atoms with Gasteiger partial charge in [0.15, 0.2) is 0 Å². The van der Waals surface area contributed by atoms with Crippen molar-refractivity contribution < 1.29 is 29.0 Å². The van der Waals surface area contributed by atoms with E-state index in [2.05, 4.69) is 5.32 Å². The maximum absolute atomic E-state index is 12.8. The van der Waals surface area contributed by atoms with Gasteiger partial charge in [-0.2, -0.15) is 0 Å². The highest BCUT2D eigenvalue weighted by molar-refractivity contribution is 8.03. The molecule has 162 valence electrons. The van der Waals surface area contributed by atoms with E-state index in [1.807, 2.05) is 0 Å². The summed E-state index contributed by atoms with van der Waals surface area (Å²) < 4.78 is 10.2. The smallest absolute Gasteiger partial charge is 0.358 e. The van der Waals surface area contributed by atoms with Crippen LogP contribution in [0.3, 0.4) is 0 Å². The van der Waals surface area contributed by atoms with Crippen LogP contribution in [-0.4, -0.2) is 65.1 Å². The first-order chi connectivity index (χ1) is 13.6. The van der Waals surface area contributed by atoms with E-state index in [9.17, 15) is 19.5 Å². The Morgan fingerprint density at radius 3 is 2.52 bits per heavy atom. The first-order valence-corrected chi connectivity index (χ1v) is 10.9. The molecule has 3 rings (SSSR count). The number of carbonyl (C=O) groups is 3. The minimum absolute atomic E-state index is 0.216. The number of nitrogens with zero attached hydrogens (tertiary/aromatic N) is 1. The van der Waals surface area contributed by atoms with Gasteiger partial charge in [-0.25, -0.2) is 4.79 Å². The number of nitrogens with one attached hydrogen (secondary N) is 1. The topological polar surface area (TPSA) is 105 Å². The van der Waals surface area contributed by atoms with Gasteiger partial charge in [0, 0.05) is 16.6 Å². The van der Waals surface area contributed by atoms with Gasteiger partial charge in [0.1, 0.15) is 5.70 Å². The monoisotopic (exact) mass is 426 g/mol. The number of esters is 2. The second-order valence-electron chi connectivity index (χ2n) is 8.82. The number of piperidine rings is 1. The van der Waals surface area contributed by atoms with Crippen molar-refractivity contribution in [1.29, 1.82) is 0 Å². The van der Waals surface area contributed by atoms with E-state index in [1.54, 1.807) is 39.5 Å². The highest BCUT2D eigenvalue weighted by Crippen LogP contribution is 2.48. The molecule has 1 amide bonds. The molecule has 29 heavy (non-hydrogen) atoms. The first-order valence-electron chi connectivity index (χ1n) is 10.1. The zero-order chi connectivity index (χ0) is 21.3. The molecule has 8 nitrogen and oxygen atoms in total. The molecule has 0 spiro atoms. The summed E-state index contributed by atoms with van der Waals surface area (Å²) >= 11 is 1.63. The summed E-state index contributed by atoms with van der Waals surface area (Å²) in [5.74, 6) is -1.89. The number of β-lactam (4-membered cyclic amide) rings is 1. The van der Waals surface area contributed by atoms with E-state index in [0.29, 0.717) is 11.7 Å². The van der Waals surface area contributed by atoms with Crippen molar-refractivity contribution in [3.8, 4) is 0 Å². The van der Waals surface area contributed by atoms with Crippen LogP contribution in [0.1, 0.15) is 47.0 Å². The Morgan fingerprint density at radius 2 is 1.93 bits per heavy atom. The predicted molar refractivity (Wildman–Crippen MR) is 107 cm³/mol. The van der Waals surface area contributed by atoms with Gasteiger partial charge in [-0.1, -0.05) is 0 Å². The summed E-state index contributed by atoms with van der Waals surface area (Å²) in [6.45, 7) is 8.10. The number of fused-ring (bicyclic) bond motifs is 1. The molecule has 3 aliphatic rings. The lowest BCUT2D eigenvalue weighted by molar-refractivity contribution is -0.175. The molecule has 0 saturated carbocycles. The lowest BCUT2D eigenvalue weighted by Gasteiger charge is -2.44. The molecule has 2 saturated heterocycles. The Kier molecular flexibility index (Phi) is 6.60. The summed E-state index contributed by atoms with van der Waals surface area (Å²) in [5.41, 5.74) is -0.454. The molecule has 0 aromatic heterocycles. The van der Waals surface area contributed by atoms with Gasteiger partial charge in [-0.05, 0) is 53.6 Å². The molecule has 2 N–H and O–H groups in total. The summed E-state index contributed by atoms with van der Waals surface area (Å²) in [6, 6.07) is -0.216. The Bertz CT molecular complexity index is 708. The number of amides is 1. The van der Waals surface area contributed by atoms with Crippen LogP contribution in [0, 0.1) is 11.3 Å². The standard InChI is InChI=1S/C20H30N2O6S/c1-11(23)15-13-9-14(29-12-5-7-21-8-6-12)16(22(13)17(15)24)18(25)27-10-28-19(26)20(2,3)4/h11-13,15,21,23H,5-10H2,1-4H3/t11?,13-,15?/m1/s1. The van der Waals surface area contributed by atoms with E-state index >= 15 is 0 Å². The molecule has 0 radical (unpaired) electrons. The summed E-state index contributed by atoms with van der Waals surface area (Å²) in [7, 11) is 0. The number of carbonyl (C=O) groups excluding carboxylic acids is 3. The van der Waals surface area contributed by atoms with Crippen molar-refractivity contribution >= 4 is 29.6 Å². The van der Waals surface area contributed by atoms with Crippen molar-refractivity contribution in [2.24, 2.45) is 11.3 Å². The fraction of sp³-hybridized carbons (Fsp3) is 0.750. The Morgan fingerprint density at radius 1 is 1.28 bits per heavy atom. The third-order valence-electron chi connectivity index (χ3n) is 5.47. The van der Waals surface area contributed by atoms with Gasteiger partial charge in [0.25, 0.3) is 0 Å². The summed E-state index contributed by atoms with van der Waals surface area (Å²) in [5, 5.41) is 13.6. The Balaban J connectivity index is 1.71. The van der Waals surface area contributed by atoms with Crippen LogP contribution < -0.4 is 5.32 Å². The van der Waals surface area contributed by atoms with Crippen LogP contribution in [0.4, 0.5) is 0 Å². The molecule has 0 aromatic rings. The number of aliphatic hydroxyl groups excluding tert-OH is 1. The van der Waals surface area contributed by atoms with E-state index in [0.717, 1.165) is 30.8 Å². The van der Waals surface area contributed by atoms with Crippen LogP contribution in [0.2, 0.25) is 0 Å². The second-order valence-corrected chi connectivity index (χ2v) is 10.2. The third-order valence-corrected chi connectivity index (χ3v) is 6.92. The third kappa shape index (κ3) is 4.62. The number of aliphatic hydroxyl groups is 1. The lowest BCUT2D eigenvalue weighted by atomic mass is 9.83. The minimum atomic E-state index is -0.767. The molecule has 0 bridgehead atoms. The Labute approximate surface area is 175 Å². The van der Waals surface area contributed by atoms with Crippen molar-refractivity contribution in [1.82, 2.24) is 10.2 Å². The number of thioether (sulfide) groups is 1. The van der Waals surface area contributed by atoms with Crippen molar-refractivity contribution in [3.05, 3.63) is 10.6 Å². The average molecular weight is 427 g/mol. The summed E-state index contributed by atoms with van der Waals surface area (Å²) in [6.07, 6.45) is 1.75. The van der Waals surface area contributed by atoms with Crippen LogP contribution in [0.25, 0.3) is 0 Å². The van der Waals surface area contributed by atoms with Gasteiger partial charge in [0.05, 0.1) is 23.5 Å². The molecular weight excluding hydrogens is 396 g/mol. The van der Waals surface area contributed by atoms with Gasteiger partial charge in [0.2, 0.25) is 12.7 Å². The van der Waals surface area contributed by atoms with E-state index < -0.39 is 36.2 Å². The number of rotatable bonds is 6. The quantitative estimate of drug-likeness (QED) is 0.373. The number of hydrogen-bond acceptors (Lipinski definition) is 8. The molecule has 0 aliphatic carbocycles. The highest BCUT2D eigenvalue weighted by Gasteiger charge is 2.57. The maximum Gasteiger partial charge on any atom is 0.358 e. The largest absolute Gasteiger partial charge is 0.427 e. The average Bonchev–Trinajstić information content (AvgIpc) is 2.95. The van der Waals surface area contributed by atoms with Crippen LogP contribution in [-0.2, 0) is 23.9 Å². The van der Waals surface area contributed by atoms with Crippen LogP contribution in [0.15, 0.2) is 10.6 Å². The first kappa shape index (κ1) is 22.1. The summed E-state index contributed by atoms with van der Waals surface area (Å²) in [4.78, 5) is 39.5. The molecule has 2 fully saturated rings. The maximum atomic E-state index is 12.8. The van der Waals surface area contributed by atoms with Crippen molar-refractivity contribution in [2.75, 3.05) is 19.9 Å². The van der Waals surface area contributed by atoms with Gasteiger partial charge in [-0.3, -0.25) is 9.59 Å². The van der Waals surface area contributed by atoms with E-state index in [-0.39, 0.29) is 17.6 Å². The zero-order valence-electron chi connectivity index (χ0n) is 17.4. The molecule has 3 heterocycles. The van der Waals surface area contributed by atoms with Crippen LogP contribution in [0.5, 0.6) is 0 Å². The lowest BCUT2D eigenvalue weighted by Crippen LogP contribution is -2.61. The molecule has 3 aliphatic heterocycles. The van der Waals surface area contributed by atoms with Gasteiger partial charge >= 0.3 is 11.9 Å². The highest BCUT2D eigenvalue weighted by atomic mass is 32.2. The molecule has 2 unspecified atom stereocenters. The Hall–Kier alpha value is -1.58. The minimum Gasteiger partial charge on any atom is -0.427 e.